The van der Waals surface area contributed by atoms with Gasteiger partial charge in [0.2, 0.25) is 0 Å². The lowest BCUT2D eigenvalue weighted by atomic mass is 10.2. The molecule has 0 saturated carbocycles. The molecule has 1 aromatic rings. The number of aromatic nitrogens is 2. The fourth-order valence-corrected chi connectivity index (χ4v) is 1.34. The van der Waals surface area contributed by atoms with Crippen molar-refractivity contribution in [2.45, 2.75) is 19.5 Å². The molecule has 0 amide bonds. The summed E-state index contributed by atoms with van der Waals surface area (Å²) in [7, 11) is 0. The highest BCUT2D eigenvalue weighted by Crippen LogP contribution is 2.29. The van der Waals surface area contributed by atoms with Crippen LogP contribution in [-0.2, 0) is 11.7 Å². The van der Waals surface area contributed by atoms with E-state index in [4.69, 9.17) is 0 Å². The first-order valence-corrected chi connectivity index (χ1v) is 3.53. The van der Waals surface area contributed by atoms with E-state index < -0.39 is 0 Å². The zero-order chi connectivity index (χ0) is 7.84. The van der Waals surface area contributed by atoms with E-state index in [1.807, 2.05) is 6.92 Å². The Morgan fingerprint density at radius 2 is 2.45 bits per heavy atom. The van der Waals surface area contributed by atoms with Gasteiger partial charge in [0.25, 0.3) is 5.88 Å². The van der Waals surface area contributed by atoms with E-state index in [0.29, 0.717) is 6.54 Å². The molecule has 2 heterocycles. The monoisotopic (exact) mass is 150 g/mol. The average molecular weight is 150 g/mol. The molecule has 0 aromatic carbocycles. The fraction of sp³-hybridized carbons (Fsp3) is 0.429. The molecule has 0 bridgehead atoms. The third-order valence-electron chi connectivity index (χ3n) is 1.94. The molecule has 0 spiro atoms. The van der Waals surface area contributed by atoms with Gasteiger partial charge >= 0.3 is 0 Å². The second-order valence-corrected chi connectivity index (χ2v) is 2.64. The van der Waals surface area contributed by atoms with Crippen molar-refractivity contribution in [3.8, 4) is 5.88 Å². The van der Waals surface area contributed by atoms with E-state index in [-0.39, 0.29) is 11.9 Å². The highest BCUT2D eigenvalue weighted by atomic mass is 16.3. The van der Waals surface area contributed by atoms with Gasteiger partial charge in [0.15, 0.2) is 0 Å². The van der Waals surface area contributed by atoms with Crippen molar-refractivity contribution in [2.75, 3.05) is 0 Å². The minimum Gasteiger partial charge on any atom is -0.304 e. The molecular weight excluding hydrogens is 142 g/mol. The van der Waals surface area contributed by atoms with Crippen LogP contribution in [0.15, 0.2) is 6.33 Å². The zero-order valence-corrected chi connectivity index (χ0v) is 6.16. The van der Waals surface area contributed by atoms with Crippen molar-refractivity contribution in [3.05, 3.63) is 17.6 Å². The lowest BCUT2D eigenvalue weighted by Crippen LogP contribution is -2.07. The maximum absolute atomic E-state index is 11.1. The van der Waals surface area contributed by atoms with Crippen molar-refractivity contribution in [2.24, 2.45) is 0 Å². The van der Waals surface area contributed by atoms with Crippen LogP contribution in [0.2, 0.25) is 0 Å². The van der Waals surface area contributed by atoms with Crippen LogP contribution < -0.4 is 5.32 Å². The van der Waals surface area contributed by atoms with E-state index in [9.17, 15) is 5.11 Å². The number of fused-ring (bicyclic) bond motifs is 1. The highest BCUT2D eigenvalue weighted by Gasteiger charge is 2.23. The molecule has 1 unspecified atom stereocenters. The Morgan fingerprint density at radius 1 is 1.64 bits per heavy atom. The first kappa shape index (κ1) is 6.54. The van der Waals surface area contributed by atoms with Crippen LogP contribution in [0.4, 0.5) is 0 Å². The van der Waals surface area contributed by atoms with Crippen molar-refractivity contribution in [1.82, 2.24) is 15.3 Å². The third-order valence-corrected chi connectivity index (χ3v) is 1.94. The van der Waals surface area contributed by atoms with Gasteiger partial charge in [-0.1, -0.05) is 0 Å². The SMILES string of the molecule is CC1NCc2ncnc([O])c21. The van der Waals surface area contributed by atoms with Crippen molar-refractivity contribution < 1.29 is 5.11 Å². The minimum atomic E-state index is -0.146. The topological polar surface area (TPSA) is 57.7 Å². The van der Waals surface area contributed by atoms with Crippen molar-refractivity contribution >= 4 is 0 Å². The Bertz CT molecular complexity index is 287. The van der Waals surface area contributed by atoms with Crippen LogP contribution in [-0.4, -0.2) is 9.97 Å². The van der Waals surface area contributed by atoms with Crippen LogP contribution in [0, 0.1) is 0 Å². The minimum absolute atomic E-state index is 0.110. The van der Waals surface area contributed by atoms with E-state index >= 15 is 0 Å². The standard InChI is InChI=1S/C7H8N3O/c1-4-6-5(2-8-4)9-3-10-7(6)11/h3-4,8H,2H2,1H3. The number of hydrogen-bond acceptors (Lipinski definition) is 3. The first-order chi connectivity index (χ1) is 5.29. The molecule has 2 rings (SSSR count). The molecule has 57 valence electrons. The summed E-state index contributed by atoms with van der Waals surface area (Å²) in [6, 6.07) is 0.110. The predicted octanol–water partition coefficient (Wildman–Crippen LogP) is 0.785. The molecule has 0 saturated heterocycles. The zero-order valence-electron chi connectivity index (χ0n) is 6.16. The molecule has 0 fully saturated rings. The van der Waals surface area contributed by atoms with Crippen LogP contribution in [0.3, 0.4) is 0 Å². The van der Waals surface area contributed by atoms with Gasteiger partial charge in [0.1, 0.15) is 6.33 Å². The Labute approximate surface area is 64.3 Å². The lowest BCUT2D eigenvalue weighted by Gasteiger charge is -2.01. The molecule has 1 radical (unpaired) electrons. The maximum Gasteiger partial charge on any atom is 0.277 e. The maximum atomic E-state index is 11.1. The van der Waals surface area contributed by atoms with Gasteiger partial charge in [0, 0.05) is 12.6 Å². The van der Waals surface area contributed by atoms with E-state index in [0.717, 1.165) is 11.3 Å². The summed E-state index contributed by atoms with van der Waals surface area (Å²) >= 11 is 0. The number of nitrogens with zero attached hydrogens (tertiary/aromatic N) is 2. The predicted molar refractivity (Wildman–Crippen MR) is 37.4 cm³/mol. The van der Waals surface area contributed by atoms with Gasteiger partial charge in [-0.15, -0.1) is 0 Å². The van der Waals surface area contributed by atoms with Gasteiger partial charge in [-0.05, 0) is 6.92 Å². The fourth-order valence-electron chi connectivity index (χ4n) is 1.34. The molecule has 1 aromatic heterocycles. The summed E-state index contributed by atoms with van der Waals surface area (Å²) in [6.45, 7) is 2.63. The van der Waals surface area contributed by atoms with Gasteiger partial charge < -0.3 is 5.32 Å². The molecule has 1 atom stereocenters. The van der Waals surface area contributed by atoms with Gasteiger partial charge in [0.05, 0.1) is 11.3 Å². The molecule has 1 aliphatic heterocycles. The summed E-state index contributed by atoms with van der Waals surface area (Å²) in [5.74, 6) is -0.146. The normalized spacial score (nSPS) is 21.7. The second-order valence-electron chi connectivity index (χ2n) is 2.64. The molecule has 1 N–H and O–H groups in total. The molecule has 1 aliphatic rings. The number of hydrogen-bond donors (Lipinski definition) is 1. The Kier molecular flexibility index (Phi) is 1.29. The summed E-state index contributed by atoms with van der Waals surface area (Å²) in [4.78, 5) is 7.59. The van der Waals surface area contributed by atoms with Gasteiger partial charge in [-0.3, -0.25) is 5.11 Å². The van der Waals surface area contributed by atoms with Crippen LogP contribution >= 0.6 is 0 Å². The smallest absolute Gasteiger partial charge is 0.277 e. The quantitative estimate of drug-likeness (QED) is 0.594. The summed E-state index contributed by atoms with van der Waals surface area (Å²) in [5.41, 5.74) is 1.57. The average Bonchev–Trinajstić information content (AvgIpc) is 2.34. The molecular formula is C7H8N3O. The largest absolute Gasteiger partial charge is 0.304 e. The Balaban J connectivity index is 2.58. The molecule has 11 heavy (non-hydrogen) atoms. The van der Waals surface area contributed by atoms with Crippen molar-refractivity contribution in [3.63, 3.8) is 0 Å². The van der Waals surface area contributed by atoms with E-state index in [1.54, 1.807) is 0 Å². The summed E-state index contributed by atoms with van der Waals surface area (Å²) in [5, 5.41) is 14.3. The van der Waals surface area contributed by atoms with Crippen LogP contribution in [0.5, 0.6) is 5.88 Å². The molecule has 0 aliphatic carbocycles. The van der Waals surface area contributed by atoms with Gasteiger partial charge in [-0.25, -0.2) is 4.98 Å². The highest BCUT2D eigenvalue weighted by molar-refractivity contribution is 5.34. The molecule has 4 nitrogen and oxygen atoms in total. The Hall–Kier alpha value is -1.16. The third kappa shape index (κ3) is 0.867. The lowest BCUT2D eigenvalue weighted by molar-refractivity contribution is 0.328. The first-order valence-electron chi connectivity index (χ1n) is 3.53. The number of rotatable bonds is 0. The van der Waals surface area contributed by atoms with E-state index in [2.05, 4.69) is 15.3 Å². The molecule has 4 heteroatoms. The van der Waals surface area contributed by atoms with Crippen molar-refractivity contribution in [1.29, 1.82) is 0 Å². The summed E-state index contributed by atoms with van der Waals surface area (Å²) in [6.07, 6.45) is 1.32. The van der Waals surface area contributed by atoms with E-state index in [1.165, 1.54) is 6.33 Å². The van der Waals surface area contributed by atoms with Gasteiger partial charge in [-0.2, -0.15) is 4.98 Å². The van der Waals surface area contributed by atoms with Crippen LogP contribution in [0.1, 0.15) is 24.2 Å². The number of nitrogens with one attached hydrogen (secondary N) is 1. The second kappa shape index (κ2) is 2.17. The van der Waals surface area contributed by atoms with Crippen LogP contribution in [0.25, 0.3) is 0 Å². The Morgan fingerprint density at radius 3 is 3.18 bits per heavy atom. The summed E-state index contributed by atoms with van der Waals surface area (Å²) < 4.78 is 0.